The first kappa shape index (κ1) is 8.89. The Morgan fingerprint density at radius 2 is 2.44 bits per heavy atom. The maximum absolute atomic E-state index is 11.1. The molecule has 0 bridgehead atoms. The van der Waals surface area contributed by atoms with E-state index in [0.717, 1.165) is 16.1 Å². The van der Waals surface area contributed by atoms with Crippen molar-refractivity contribution in [3.05, 3.63) is 22.4 Å². The molecule has 3 rings (SSSR count). The number of anilines is 1. The number of hydrazine groups is 1. The van der Waals surface area contributed by atoms with Crippen molar-refractivity contribution in [2.75, 3.05) is 11.6 Å². The van der Waals surface area contributed by atoms with Gasteiger partial charge < -0.3 is 4.42 Å². The van der Waals surface area contributed by atoms with Gasteiger partial charge in [0.15, 0.2) is 0 Å². The highest BCUT2D eigenvalue weighted by Crippen LogP contribution is 2.14. The fourth-order valence-corrected chi connectivity index (χ4v) is 1.44. The quantitative estimate of drug-likeness (QED) is 0.657. The second kappa shape index (κ2) is 3.05. The lowest BCUT2D eigenvalue weighted by Gasteiger charge is -2.23. The Hall–Kier alpha value is -2.38. The van der Waals surface area contributed by atoms with Gasteiger partial charge in [0.05, 0.1) is 12.3 Å². The van der Waals surface area contributed by atoms with E-state index in [2.05, 4.69) is 20.5 Å². The molecule has 0 atom stereocenters. The topological polar surface area (TPSA) is 88.0 Å². The molecule has 2 aliphatic heterocycles. The van der Waals surface area contributed by atoms with Gasteiger partial charge in [-0.2, -0.15) is 4.68 Å². The van der Waals surface area contributed by atoms with Gasteiger partial charge >= 0.3 is 11.8 Å². The summed E-state index contributed by atoms with van der Waals surface area (Å²) in [5.74, 6) is -0.504. The van der Waals surface area contributed by atoms with Crippen molar-refractivity contribution in [3.63, 3.8) is 0 Å². The number of aromatic nitrogens is 2. The Kier molecular flexibility index (Phi) is 1.70. The molecular weight excluding hydrogens is 212 g/mol. The first-order valence-corrected chi connectivity index (χ1v) is 4.61. The van der Waals surface area contributed by atoms with Crippen LogP contribution in [0.4, 0.5) is 6.01 Å². The third-order valence-corrected chi connectivity index (χ3v) is 2.28. The Labute approximate surface area is 89.6 Å². The van der Waals surface area contributed by atoms with E-state index in [4.69, 9.17) is 4.42 Å². The van der Waals surface area contributed by atoms with Crippen molar-refractivity contribution >= 4 is 18.1 Å². The van der Waals surface area contributed by atoms with E-state index < -0.39 is 5.76 Å². The first-order valence-electron chi connectivity index (χ1n) is 4.61. The van der Waals surface area contributed by atoms with Gasteiger partial charge in [-0.1, -0.05) is 0 Å². The highest BCUT2D eigenvalue weighted by atomic mass is 16.4. The lowest BCUT2D eigenvalue weighted by molar-refractivity contribution is 0.481. The van der Waals surface area contributed by atoms with E-state index >= 15 is 0 Å². The van der Waals surface area contributed by atoms with Crippen LogP contribution in [0.2, 0.25) is 0 Å². The molecule has 0 spiro atoms. The van der Waals surface area contributed by atoms with E-state index in [-0.39, 0.29) is 6.01 Å². The molecule has 1 N–H and O–H groups in total. The second-order valence-electron chi connectivity index (χ2n) is 3.34. The standard InChI is InChI=1S/C8H8N6O2/c1-13-8(15)16-7(12-13)14-3-6-5(2-11-14)9-4-10-6/h2,4,11H,3H2,1H3. The molecule has 2 aliphatic rings. The molecule has 0 fully saturated rings. The molecule has 8 nitrogen and oxygen atoms in total. The summed E-state index contributed by atoms with van der Waals surface area (Å²) in [6.07, 6.45) is 3.17. The van der Waals surface area contributed by atoms with Crippen molar-refractivity contribution in [1.29, 1.82) is 0 Å². The molecule has 0 unspecified atom stereocenters. The van der Waals surface area contributed by atoms with E-state index in [1.54, 1.807) is 11.2 Å². The molecule has 0 radical (unpaired) electrons. The average Bonchev–Trinajstić information content (AvgIpc) is 2.85. The number of nitrogens with one attached hydrogen (secondary N) is 1. The first-order chi connectivity index (χ1) is 7.74. The summed E-state index contributed by atoms with van der Waals surface area (Å²) in [7, 11) is 1.52. The van der Waals surface area contributed by atoms with Gasteiger partial charge in [0, 0.05) is 13.2 Å². The zero-order valence-electron chi connectivity index (χ0n) is 8.41. The van der Waals surface area contributed by atoms with E-state index in [9.17, 15) is 4.79 Å². The molecule has 0 aromatic carbocycles. The normalized spacial score (nSPS) is 17.9. The number of nitrogens with zero attached hydrogens (tertiary/aromatic N) is 5. The summed E-state index contributed by atoms with van der Waals surface area (Å²) in [5.41, 5.74) is 4.51. The molecule has 3 heterocycles. The van der Waals surface area contributed by atoms with Crippen LogP contribution >= 0.6 is 0 Å². The molecule has 1 aromatic heterocycles. The molecular formula is C8H8N6O2. The predicted octanol–water partition coefficient (Wildman–Crippen LogP) is -0.978. The van der Waals surface area contributed by atoms with Crippen LogP contribution in [0.3, 0.4) is 0 Å². The Bertz CT molecular complexity index is 578. The smallest absolute Gasteiger partial charge is 0.372 e. The van der Waals surface area contributed by atoms with Crippen LogP contribution in [0.5, 0.6) is 0 Å². The number of fused-ring (bicyclic) bond motifs is 1. The van der Waals surface area contributed by atoms with Crippen LogP contribution in [-0.2, 0) is 7.05 Å². The van der Waals surface area contributed by atoms with Crippen LogP contribution in [-0.4, -0.2) is 28.4 Å². The molecule has 8 heteroatoms. The van der Waals surface area contributed by atoms with Gasteiger partial charge in [-0.05, 0) is 0 Å². The summed E-state index contributed by atoms with van der Waals surface area (Å²) in [5, 5.41) is 5.51. The van der Waals surface area contributed by atoms with Crippen molar-refractivity contribution in [3.8, 4) is 0 Å². The minimum absolute atomic E-state index is 0.206. The molecule has 0 saturated carbocycles. The molecule has 0 amide bonds. The van der Waals surface area contributed by atoms with Crippen molar-refractivity contribution < 1.29 is 4.42 Å². The average molecular weight is 220 g/mol. The molecule has 0 aliphatic carbocycles. The highest BCUT2D eigenvalue weighted by Gasteiger charge is 2.23. The third-order valence-electron chi connectivity index (χ3n) is 2.28. The minimum Gasteiger partial charge on any atom is -0.372 e. The number of aryl methyl sites for hydroxylation is 1. The van der Waals surface area contributed by atoms with Gasteiger partial charge in [-0.15, -0.1) is 5.10 Å². The van der Waals surface area contributed by atoms with Gasteiger partial charge in [0.25, 0.3) is 0 Å². The van der Waals surface area contributed by atoms with Crippen LogP contribution in [0, 0.1) is 0 Å². The fraction of sp³-hybridized carbons (Fsp3) is 0.250. The highest BCUT2D eigenvalue weighted by molar-refractivity contribution is 6.10. The largest absolute Gasteiger partial charge is 0.438 e. The summed E-state index contributed by atoms with van der Waals surface area (Å²) < 4.78 is 6.07. The SMILES string of the molecule is Cn1nc(N2CC3=NC=NC3=CN2)oc1=O. The minimum atomic E-state index is -0.504. The summed E-state index contributed by atoms with van der Waals surface area (Å²) in [6, 6.07) is 0.206. The molecule has 1 aromatic rings. The number of hydrogen-bond donors (Lipinski definition) is 1. The van der Waals surface area contributed by atoms with Gasteiger partial charge in [0.2, 0.25) is 0 Å². The predicted molar refractivity (Wildman–Crippen MR) is 56.2 cm³/mol. The van der Waals surface area contributed by atoms with E-state index in [1.807, 2.05) is 0 Å². The van der Waals surface area contributed by atoms with Crippen molar-refractivity contribution in [2.45, 2.75) is 0 Å². The zero-order valence-corrected chi connectivity index (χ0v) is 8.41. The molecule has 16 heavy (non-hydrogen) atoms. The summed E-state index contributed by atoms with van der Waals surface area (Å²) in [4.78, 5) is 19.2. The molecule has 0 saturated heterocycles. The van der Waals surface area contributed by atoms with Crippen LogP contribution in [0.15, 0.2) is 31.1 Å². The number of rotatable bonds is 1. The number of hydrogen-bond acceptors (Lipinski definition) is 7. The monoisotopic (exact) mass is 220 g/mol. The van der Waals surface area contributed by atoms with Crippen molar-refractivity contribution in [1.82, 2.24) is 15.2 Å². The molecule has 82 valence electrons. The Morgan fingerprint density at radius 3 is 3.19 bits per heavy atom. The maximum Gasteiger partial charge on any atom is 0.438 e. The zero-order chi connectivity index (χ0) is 11.1. The van der Waals surface area contributed by atoms with Gasteiger partial charge in [-0.3, -0.25) is 5.43 Å². The Balaban J connectivity index is 1.91. The second-order valence-corrected chi connectivity index (χ2v) is 3.34. The summed E-state index contributed by atoms with van der Waals surface area (Å²) in [6.45, 7) is 0.450. The van der Waals surface area contributed by atoms with Gasteiger partial charge in [0.1, 0.15) is 12.0 Å². The Morgan fingerprint density at radius 1 is 1.56 bits per heavy atom. The van der Waals surface area contributed by atoms with Crippen LogP contribution in [0.1, 0.15) is 0 Å². The lowest BCUT2D eigenvalue weighted by Crippen LogP contribution is -2.43. The third kappa shape index (κ3) is 1.23. The number of aliphatic imine (C=N–C) groups is 2. The summed E-state index contributed by atoms with van der Waals surface area (Å²) >= 11 is 0. The van der Waals surface area contributed by atoms with Crippen LogP contribution in [0.25, 0.3) is 0 Å². The lowest BCUT2D eigenvalue weighted by atomic mass is 10.2. The fourth-order valence-electron chi connectivity index (χ4n) is 1.44. The van der Waals surface area contributed by atoms with E-state index in [0.29, 0.717) is 6.54 Å². The van der Waals surface area contributed by atoms with Crippen molar-refractivity contribution in [2.24, 2.45) is 17.0 Å². The van der Waals surface area contributed by atoms with E-state index in [1.165, 1.54) is 13.4 Å². The maximum atomic E-state index is 11.1. The van der Waals surface area contributed by atoms with Gasteiger partial charge in [-0.25, -0.2) is 19.8 Å². The van der Waals surface area contributed by atoms with Crippen LogP contribution < -0.4 is 16.2 Å².